The zero-order valence-corrected chi connectivity index (χ0v) is 17.5. The SMILES string of the molecule is N#Cc1ccccc1-c1ccccc1C(=O)Nc1ccc(N2CCCC(C(N)=O)C2)nc1. The number of nitrogens with two attached hydrogens (primary N) is 1. The highest BCUT2D eigenvalue weighted by atomic mass is 16.2. The van der Waals surface area contributed by atoms with E-state index in [9.17, 15) is 14.9 Å². The van der Waals surface area contributed by atoms with E-state index in [4.69, 9.17) is 5.73 Å². The van der Waals surface area contributed by atoms with Gasteiger partial charge in [0.15, 0.2) is 0 Å². The summed E-state index contributed by atoms with van der Waals surface area (Å²) >= 11 is 0. The number of hydrogen-bond acceptors (Lipinski definition) is 5. The maximum Gasteiger partial charge on any atom is 0.256 e. The number of rotatable bonds is 5. The smallest absolute Gasteiger partial charge is 0.256 e. The van der Waals surface area contributed by atoms with Gasteiger partial charge in [-0.05, 0) is 42.7 Å². The second-order valence-electron chi connectivity index (χ2n) is 7.75. The minimum absolute atomic E-state index is 0.169. The zero-order valence-electron chi connectivity index (χ0n) is 17.5. The topological polar surface area (TPSA) is 112 Å². The third-order valence-electron chi connectivity index (χ3n) is 5.66. The Morgan fingerprint density at radius 3 is 2.53 bits per heavy atom. The monoisotopic (exact) mass is 425 g/mol. The zero-order chi connectivity index (χ0) is 22.5. The average Bonchev–Trinajstić information content (AvgIpc) is 2.84. The fourth-order valence-corrected chi connectivity index (χ4v) is 3.99. The number of aromatic nitrogens is 1. The summed E-state index contributed by atoms with van der Waals surface area (Å²) in [6.07, 6.45) is 3.29. The van der Waals surface area contributed by atoms with E-state index in [0.717, 1.165) is 25.2 Å². The van der Waals surface area contributed by atoms with E-state index in [0.29, 0.717) is 34.5 Å². The number of nitrogens with one attached hydrogen (secondary N) is 1. The van der Waals surface area contributed by atoms with E-state index < -0.39 is 0 Å². The van der Waals surface area contributed by atoms with Crippen LogP contribution in [0.3, 0.4) is 0 Å². The molecule has 4 rings (SSSR count). The Bertz CT molecular complexity index is 1180. The number of pyridine rings is 1. The summed E-state index contributed by atoms with van der Waals surface area (Å²) in [5.74, 6) is 0.0138. The molecule has 0 radical (unpaired) electrons. The van der Waals surface area contributed by atoms with Crippen LogP contribution in [0, 0.1) is 17.2 Å². The van der Waals surface area contributed by atoms with Crippen LogP contribution in [-0.4, -0.2) is 29.9 Å². The van der Waals surface area contributed by atoms with Crippen LogP contribution in [0.4, 0.5) is 11.5 Å². The van der Waals surface area contributed by atoms with Crippen molar-refractivity contribution in [3.05, 3.63) is 78.0 Å². The minimum atomic E-state index is -0.283. The van der Waals surface area contributed by atoms with Gasteiger partial charge in [-0.15, -0.1) is 0 Å². The molecule has 1 aromatic heterocycles. The lowest BCUT2D eigenvalue weighted by molar-refractivity contribution is -0.122. The molecule has 0 bridgehead atoms. The number of piperidine rings is 1. The molecule has 1 unspecified atom stereocenters. The Balaban J connectivity index is 1.52. The Labute approximate surface area is 186 Å². The van der Waals surface area contributed by atoms with Crippen molar-refractivity contribution in [1.82, 2.24) is 4.98 Å². The van der Waals surface area contributed by atoms with Gasteiger partial charge in [0, 0.05) is 24.2 Å². The first-order valence-electron chi connectivity index (χ1n) is 10.5. The number of hydrogen-bond donors (Lipinski definition) is 2. The maximum absolute atomic E-state index is 13.0. The van der Waals surface area contributed by atoms with Gasteiger partial charge >= 0.3 is 0 Å². The molecular formula is C25H23N5O2. The van der Waals surface area contributed by atoms with Crippen LogP contribution in [0.5, 0.6) is 0 Å². The molecule has 3 aromatic rings. The summed E-state index contributed by atoms with van der Waals surface area (Å²) in [4.78, 5) is 31.1. The van der Waals surface area contributed by atoms with Crippen molar-refractivity contribution in [1.29, 1.82) is 5.26 Å². The van der Waals surface area contributed by atoms with Crippen LogP contribution in [0.15, 0.2) is 66.9 Å². The fraction of sp³-hybridized carbons (Fsp3) is 0.200. The van der Waals surface area contributed by atoms with Crippen LogP contribution in [0.1, 0.15) is 28.8 Å². The Kier molecular flexibility index (Phi) is 6.13. The molecule has 2 heterocycles. The lowest BCUT2D eigenvalue weighted by Gasteiger charge is -2.32. The van der Waals surface area contributed by atoms with E-state index in [-0.39, 0.29) is 17.7 Å². The number of carbonyl (C=O) groups is 2. The maximum atomic E-state index is 13.0. The first kappa shape index (κ1) is 21.1. The van der Waals surface area contributed by atoms with Crippen molar-refractivity contribution >= 4 is 23.3 Å². The highest BCUT2D eigenvalue weighted by molar-refractivity contribution is 6.09. The second-order valence-corrected chi connectivity index (χ2v) is 7.75. The molecule has 1 aliphatic rings. The number of anilines is 2. The molecule has 7 heteroatoms. The molecule has 3 N–H and O–H groups in total. The van der Waals surface area contributed by atoms with E-state index in [1.165, 1.54) is 0 Å². The van der Waals surface area contributed by atoms with Crippen molar-refractivity contribution in [2.24, 2.45) is 11.7 Å². The Hall–Kier alpha value is -4.18. The van der Waals surface area contributed by atoms with Gasteiger partial charge in [0.1, 0.15) is 5.82 Å². The summed E-state index contributed by atoms with van der Waals surface area (Å²) in [7, 11) is 0. The van der Waals surface area contributed by atoms with Crippen LogP contribution < -0.4 is 16.0 Å². The summed E-state index contributed by atoms with van der Waals surface area (Å²) in [5, 5.41) is 12.3. The lowest BCUT2D eigenvalue weighted by atomic mass is 9.95. The number of nitrogens with zero attached hydrogens (tertiary/aromatic N) is 3. The number of nitriles is 1. The van der Waals surface area contributed by atoms with Crippen LogP contribution in [0.2, 0.25) is 0 Å². The second kappa shape index (κ2) is 9.31. The molecule has 0 aliphatic carbocycles. The van der Waals surface area contributed by atoms with E-state index in [1.807, 2.05) is 35.2 Å². The summed E-state index contributed by atoms with van der Waals surface area (Å²) in [5.41, 5.74) is 8.41. The van der Waals surface area contributed by atoms with E-state index >= 15 is 0 Å². The summed E-state index contributed by atoms with van der Waals surface area (Å²) in [6, 6.07) is 20.2. The quantitative estimate of drug-likeness (QED) is 0.649. The summed E-state index contributed by atoms with van der Waals surface area (Å²) < 4.78 is 0. The molecule has 7 nitrogen and oxygen atoms in total. The van der Waals surface area contributed by atoms with Gasteiger partial charge < -0.3 is 16.0 Å². The van der Waals surface area contributed by atoms with Crippen molar-refractivity contribution in [3.8, 4) is 17.2 Å². The lowest BCUT2D eigenvalue weighted by Crippen LogP contribution is -2.41. The standard InChI is InChI=1S/C25H23N5O2/c26-14-17-6-1-2-8-20(17)21-9-3-4-10-22(21)25(32)29-19-11-12-23(28-15-19)30-13-5-7-18(16-30)24(27)31/h1-4,6,8-12,15,18H,5,7,13,16H2,(H2,27,31)(H,29,32). The fourth-order valence-electron chi connectivity index (χ4n) is 3.99. The van der Waals surface area contributed by atoms with Crippen LogP contribution >= 0.6 is 0 Å². The number of primary amides is 1. The first-order valence-corrected chi connectivity index (χ1v) is 10.5. The third-order valence-corrected chi connectivity index (χ3v) is 5.66. The predicted molar refractivity (Wildman–Crippen MR) is 123 cm³/mol. The third kappa shape index (κ3) is 4.44. The number of carbonyl (C=O) groups excluding carboxylic acids is 2. The number of benzene rings is 2. The Morgan fingerprint density at radius 1 is 1.06 bits per heavy atom. The highest BCUT2D eigenvalue weighted by Gasteiger charge is 2.24. The predicted octanol–water partition coefficient (Wildman–Crippen LogP) is 3.57. The molecule has 2 amide bonds. The molecule has 1 aliphatic heterocycles. The minimum Gasteiger partial charge on any atom is -0.369 e. The van der Waals surface area contributed by atoms with Crippen molar-refractivity contribution in [2.75, 3.05) is 23.3 Å². The molecule has 1 atom stereocenters. The van der Waals surface area contributed by atoms with Gasteiger partial charge in [0.25, 0.3) is 5.91 Å². The van der Waals surface area contributed by atoms with Gasteiger partial charge in [-0.2, -0.15) is 5.26 Å². The van der Waals surface area contributed by atoms with Crippen LogP contribution in [-0.2, 0) is 4.79 Å². The highest BCUT2D eigenvalue weighted by Crippen LogP contribution is 2.28. The summed E-state index contributed by atoms with van der Waals surface area (Å²) in [6.45, 7) is 1.37. The van der Waals surface area contributed by atoms with Gasteiger partial charge in [-0.3, -0.25) is 9.59 Å². The molecule has 160 valence electrons. The van der Waals surface area contributed by atoms with Crippen LogP contribution in [0.25, 0.3) is 11.1 Å². The van der Waals surface area contributed by atoms with Crippen molar-refractivity contribution in [3.63, 3.8) is 0 Å². The average molecular weight is 425 g/mol. The molecule has 0 spiro atoms. The van der Waals surface area contributed by atoms with E-state index in [2.05, 4.69) is 16.4 Å². The molecular weight excluding hydrogens is 402 g/mol. The largest absolute Gasteiger partial charge is 0.369 e. The van der Waals surface area contributed by atoms with Gasteiger partial charge in [0.2, 0.25) is 5.91 Å². The molecule has 0 saturated carbocycles. The van der Waals surface area contributed by atoms with Crippen molar-refractivity contribution < 1.29 is 9.59 Å². The van der Waals surface area contributed by atoms with Gasteiger partial charge in [-0.1, -0.05) is 36.4 Å². The van der Waals surface area contributed by atoms with Gasteiger partial charge in [0.05, 0.1) is 29.4 Å². The van der Waals surface area contributed by atoms with E-state index in [1.54, 1.807) is 36.5 Å². The number of amides is 2. The normalized spacial score (nSPS) is 15.6. The van der Waals surface area contributed by atoms with Crippen molar-refractivity contribution in [2.45, 2.75) is 12.8 Å². The molecule has 1 fully saturated rings. The van der Waals surface area contributed by atoms with Gasteiger partial charge in [-0.25, -0.2) is 4.98 Å². The molecule has 32 heavy (non-hydrogen) atoms. The first-order chi connectivity index (χ1) is 15.6. The molecule has 1 saturated heterocycles. The Morgan fingerprint density at radius 2 is 1.81 bits per heavy atom. The molecule has 2 aromatic carbocycles.